The number of carbonyl (C=O) groups excluding carboxylic acids is 3. The summed E-state index contributed by atoms with van der Waals surface area (Å²) in [5.74, 6) is -0.833. The van der Waals surface area contributed by atoms with Gasteiger partial charge >= 0.3 is 17.9 Å². The molecule has 1 unspecified atom stereocenters. The van der Waals surface area contributed by atoms with Crippen LogP contribution in [0.5, 0.6) is 0 Å². The fraction of sp³-hybridized carbons (Fsp3) is 0.926. The average molecular weight is 1040 g/mol. The Balaban J connectivity index is 4.04. The Hall–Kier alpha value is -1.85. The summed E-state index contributed by atoms with van der Waals surface area (Å²) in [4.78, 5) is 38.2. The summed E-state index contributed by atoms with van der Waals surface area (Å²) in [6.45, 7) is 6.70. The maximum Gasteiger partial charge on any atom is 0.306 e. The number of allylic oxidation sites excluding steroid dienone is 2. The fourth-order valence-corrected chi connectivity index (χ4v) is 10.4. The molecule has 0 fully saturated rings. The standard InChI is InChI=1S/C68H130O6/c1-4-7-10-13-16-19-22-25-26-27-28-29-30-31-32-33-34-35-36-37-38-39-40-41-42-44-46-49-52-55-58-61-67(70)73-64-65(63-72-66(69)60-57-54-51-48-45-24-21-18-15-12-9-6-3)74-68(71)62-59-56-53-50-47-43-23-20-17-14-11-8-5-2/h27-28,65H,4-26,29-64H2,1-3H3/b28-27-. The average Bonchev–Trinajstić information content (AvgIpc) is 3.40. The van der Waals surface area contributed by atoms with E-state index in [9.17, 15) is 14.4 Å². The van der Waals surface area contributed by atoms with Gasteiger partial charge in [-0.2, -0.15) is 0 Å². The largest absolute Gasteiger partial charge is 0.462 e. The molecule has 0 radical (unpaired) electrons. The predicted molar refractivity (Wildman–Crippen MR) is 321 cm³/mol. The topological polar surface area (TPSA) is 78.9 Å². The Labute approximate surface area is 462 Å². The quantitative estimate of drug-likeness (QED) is 0.0261. The first kappa shape index (κ1) is 72.2. The highest BCUT2D eigenvalue weighted by Crippen LogP contribution is 2.18. The highest BCUT2D eigenvalue weighted by Gasteiger charge is 2.19. The van der Waals surface area contributed by atoms with Crippen LogP contribution in [-0.2, 0) is 28.6 Å². The third-order valence-corrected chi connectivity index (χ3v) is 15.5. The molecule has 0 aromatic heterocycles. The van der Waals surface area contributed by atoms with Gasteiger partial charge in [-0.1, -0.05) is 335 Å². The van der Waals surface area contributed by atoms with E-state index in [0.717, 1.165) is 57.8 Å². The van der Waals surface area contributed by atoms with Crippen molar-refractivity contribution in [1.29, 1.82) is 0 Å². The summed E-state index contributed by atoms with van der Waals surface area (Å²) < 4.78 is 16.9. The third kappa shape index (κ3) is 61.0. The molecule has 0 aliphatic heterocycles. The molecule has 0 aliphatic rings. The lowest BCUT2D eigenvalue weighted by Crippen LogP contribution is -2.30. The van der Waals surface area contributed by atoms with E-state index in [-0.39, 0.29) is 31.1 Å². The Kier molecular flexibility index (Phi) is 62.1. The molecule has 0 heterocycles. The summed E-state index contributed by atoms with van der Waals surface area (Å²) >= 11 is 0. The van der Waals surface area contributed by atoms with Crippen LogP contribution >= 0.6 is 0 Å². The number of hydrogen-bond donors (Lipinski definition) is 0. The fourth-order valence-electron chi connectivity index (χ4n) is 10.4. The molecule has 74 heavy (non-hydrogen) atoms. The molecular weight excluding hydrogens is 913 g/mol. The molecule has 6 nitrogen and oxygen atoms in total. The number of carbonyl (C=O) groups is 3. The van der Waals surface area contributed by atoms with Gasteiger partial charge in [0.2, 0.25) is 0 Å². The number of rotatable bonds is 63. The maximum absolute atomic E-state index is 12.9. The Morgan fingerprint density at radius 1 is 0.257 bits per heavy atom. The van der Waals surface area contributed by atoms with Crippen LogP contribution in [0.4, 0.5) is 0 Å². The maximum atomic E-state index is 12.9. The minimum Gasteiger partial charge on any atom is -0.462 e. The van der Waals surface area contributed by atoms with Crippen LogP contribution in [0, 0.1) is 0 Å². The lowest BCUT2D eigenvalue weighted by atomic mass is 10.0. The van der Waals surface area contributed by atoms with Crippen LogP contribution in [0.25, 0.3) is 0 Å². The smallest absolute Gasteiger partial charge is 0.306 e. The molecule has 0 spiro atoms. The van der Waals surface area contributed by atoms with Crippen molar-refractivity contribution >= 4 is 17.9 Å². The summed E-state index contributed by atoms with van der Waals surface area (Å²) in [5.41, 5.74) is 0. The lowest BCUT2D eigenvalue weighted by Gasteiger charge is -2.18. The molecule has 0 rings (SSSR count). The van der Waals surface area contributed by atoms with E-state index in [1.807, 2.05) is 0 Å². The summed E-state index contributed by atoms with van der Waals surface area (Å²) in [6, 6.07) is 0. The first-order valence-electron chi connectivity index (χ1n) is 33.7. The molecule has 0 aliphatic carbocycles. The van der Waals surface area contributed by atoms with Gasteiger partial charge in [-0.05, 0) is 44.9 Å². The van der Waals surface area contributed by atoms with E-state index in [1.54, 1.807) is 0 Å². The van der Waals surface area contributed by atoms with Gasteiger partial charge in [-0.25, -0.2) is 0 Å². The zero-order chi connectivity index (χ0) is 53.6. The first-order valence-corrected chi connectivity index (χ1v) is 33.7. The molecular formula is C68H130O6. The first-order chi connectivity index (χ1) is 36.5. The van der Waals surface area contributed by atoms with Crippen molar-refractivity contribution in [3.63, 3.8) is 0 Å². The van der Waals surface area contributed by atoms with Crippen LogP contribution in [0.1, 0.15) is 387 Å². The van der Waals surface area contributed by atoms with Crippen LogP contribution in [0.15, 0.2) is 12.2 Å². The van der Waals surface area contributed by atoms with Gasteiger partial charge in [0.25, 0.3) is 0 Å². The van der Waals surface area contributed by atoms with Gasteiger partial charge in [-0.3, -0.25) is 14.4 Å². The summed E-state index contributed by atoms with van der Waals surface area (Å²) in [5, 5.41) is 0. The second kappa shape index (κ2) is 63.7. The van der Waals surface area contributed by atoms with E-state index in [4.69, 9.17) is 14.2 Å². The second-order valence-electron chi connectivity index (χ2n) is 23.1. The van der Waals surface area contributed by atoms with Crippen LogP contribution in [0.3, 0.4) is 0 Å². The molecule has 6 heteroatoms. The van der Waals surface area contributed by atoms with Crippen molar-refractivity contribution in [1.82, 2.24) is 0 Å². The molecule has 0 N–H and O–H groups in total. The van der Waals surface area contributed by atoms with Gasteiger partial charge in [0.15, 0.2) is 6.10 Å². The molecule has 0 amide bonds. The highest BCUT2D eigenvalue weighted by atomic mass is 16.6. The van der Waals surface area contributed by atoms with E-state index >= 15 is 0 Å². The number of ether oxygens (including phenoxy) is 3. The molecule has 0 aromatic rings. The minimum atomic E-state index is -0.763. The van der Waals surface area contributed by atoms with Crippen molar-refractivity contribution < 1.29 is 28.6 Å². The number of unbranched alkanes of at least 4 members (excludes halogenated alkanes) is 50. The van der Waals surface area contributed by atoms with E-state index in [0.29, 0.717) is 19.3 Å². The normalized spacial score (nSPS) is 12.0. The molecule has 438 valence electrons. The third-order valence-electron chi connectivity index (χ3n) is 15.5. The Bertz CT molecular complexity index is 1150. The van der Waals surface area contributed by atoms with Crippen molar-refractivity contribution in [2.75, 3.05) is 13.2 Å². The molecule has 0 bridgehead atoms. The van der Waals surface area contributed by atoms with Crippen molar-refractivity contribution in [3.8, 4) is 0 Å². The Morgan fingerprint density at radius 3 is 0.676 bits per heavy atom. The monoisotopic (exact) mass is 1040 g/mol. The van der Waals surface area contributed by atoms with Crippen LogP contribution in [-0.4, -0.2) is 37.2 Å². The molecule has 0 aromatic carbocycles. The van der Waals surface area contributed by atoms with Gasteiger partial charge in [0.05, 0.1) is 0 Å². The molecule has 1 atom stereocenters. The predicted octanol–water partition coefficient (Wildman–Crippen LogP) is 22.8. The lowest BCUT2D eigenvalue weighted by molar-refractivity contribution is -0.167. The zero-order valence-electron chi connectivity index (χ0n) is 50.4. The van der Waals surface area contributed by atoms with Crippen molar-refractivity contribution in [2.24, 2.45) is 0 Å². The van der Waals surface area contributed by atoms with E-state index in [2.05, 4.69) is 32.9 Å². The summed E-state index contributed by atoms with van der Waals surface area (Å²) in [7, 11) is 0. The highest BCUT2D eigenvalue weighted by molar-refractivity contribution is 5.71. The van der Waals surface area contributed by atoms with Crippen molar-refractivity contribution in [2.45, 2.75) is 393 Å². The van der Waals surface area contributed by atoms with Crippen molar-refractivity contribution in [3.05, 3.63) is 12.2 Å². The Morgan fingerprint density at radius 2 is 0.446 bits per heavy atom. The van der Waals surface area contributed by atoms with E-state index in [1.165, 1.54) is 289 Å². The van der Waals surface area contributed by atoms with E-state index < -0.39 is 6.10 Å². The van der Waals surface area contributed by atoms with Gasteiger partial charge < -0.3 is 14.2 Å². The van der Waals surface area contributed by atoms with Crippen LogP contribution < -0.4 is 0 Å². The minimum absolute atomic E-state index is 0.0624. The van der Waals surface area contributed by atoms with Crippen LogP contribution in [0.2, 0.25) is 0 Å². The zero-order valence-corrected chi connectivity index (χ0v) is 50.4. The van der Waals surface area contributed by atoms with Gasteiger partial charge in [0.1, 0.15) is 13.2 Å². The number of esters is 3. The van der Waals surface area contributed by atoms with Gasteiger partial charge in [0, 0.05) is 19.3 Å². The molecule has 0 saturated carbocycles. The SMILES string of the molecule is CCCCCCCCCC/C=C\CCCCCCCCCCCCCCCCCCCCCC(=O)OCC(COC(=O)CCCCCCCCCCCCCC)OC(=O)CCCCCCCCCCCCCCC. The van der Waals surface area contributed by atoms with Gasteiger partial charge in [-0.15, -0.1) is 0 Å². The number of hydrogen-bond acceptors (Lipinski definition) is 6. The summed E-state index contributed by atoms with van der Waals surface area (Å²) in [6.07, 6.45) is 75.3. The second-order valence-corrected chi connectivity index (χ2v) is 23.1. The molecule has 0 saturated heterocycles.